The molecule has 1 saturated carbocycles. The van der Waals surface area contributed by atoms with Crippen molar-refractivity contribution in [1.29, 1.82) is 0 Å². The van der Waals surface area contributed by atoms with Crippen molar-refractivity contribution in [3.63, 3.8) is 0 Å². The first-order valence-corrected chi connectivity index (χ1v) is 8.64. The minimum atomic E-state index is 0.253. The number of fused-ring (bicyclic) bond motifs is 2. The van der Waals surface area contributed by atoms with Gasteiger partial charge in [-0.15, -0.1) is 0 Å². The topological polar surface area (TPSA) is 9.23 Å². The third kappa shape index (κ3) is 3.35. The fourth-order valence-electron chi connectivity index (χ4n) is 3.95. The summed E-state index contributed by atoms with van der Waals surface area (Å²) in [6.07, 6.45) is 8.65. The molecule has 3 rings (SSSR count). The maximum absolute atomic E-state index is 6.30. The second kappa shape index (κ2) is 6.83. The van der Waals surface area contributed by atoms with Gasteiger partial charge in [0, 0.05) is 5.92 Å². The Kier molecular flexibility index (Phi) is 4.83. The molecule has 1 aromatic carbocycles. The second-order valence-corrected chi connectivity index (χ2v) is 7.24. The maximum atomic E-state index is 6.30. The van der Waals surface area contributed by atoms with Crippen molar-refractivity contribution < 1.29 is 4.74 Å². The Bertz CT molecular complexity index is 551. The smallest absolute Gasteiger partial charge is 0.0890 e. The van der Waals surface area contributed by atoms with E-state index in [0.29, 0.717) is 5.92 Å². The zero-order valence-electron chi connectivity index (χ0n) is 14.1. The van der Waals surface area contributed by atoms with Gasteiger partial charge in [0.25, 0.3) is 0 Å². The van der Waals surface area contributed by atoms with Crippen LogP contribution in [-0.4, -0.2) is 6.61 Å². The van der Waals surface area contributed by atoms with Gasteiger partial charge in [-0.05, 0) is 50.5 Å². The van der Waals surface area contributed by atoms with Crippen molar-refractivity contribution in [1.82, 2.24) is 0 Å². The van der Waals surface area contributed by atoms with E-state index in [1.807, 2.05) is 0 Å². The fourth-order valence-corrected chi connectivity index (χ4v) is 3.95. The Morgan fingerprint density at radius 3 is 2.73 bits per heavy atom. The Hall–Kier alpha value is -1.34. The van der Waals surface area contributed by atoms with Crippen molar-refractivity contribution in [2.45, 2.75) is 46.1 Å². The van der Waals surface area contributed by atoms with Crippen LogP contribution in [0.1, 0.15) is 51.7 Å². The molecular formula is C21H28O. The van der Waals surface area contributed by atoms with Gasteiger partial charge < -0.3 is 4.74 Å². The fraction of sp³-hybridized carbons (Fsp3) is 0.524. The molecule has 0 spiro atoms. The van der Waals surface area contributed by atoms with Gasteiger partial charge in [0.2, 0.25) is 0 Å². The lowest BCUT2D eigenvalue weighted by Gasteiger charge is -2.45. The summed E-state index contributed by atoms with van der Waals surface area (Å²) >= 11 is 0. The minimum Gasteiger partial charge on any atom is -0.373 e. The van der Waals surface area contributed by atoms with Crippen molar-refractivity contribution in [3.05, 3.63) is 59.2 Å². The zero-order chi connectivity index (χ0) is 15.5. The maximum Gasteiger partial charge on any atom is 0.0890 e. The van der Waals surface area contributed by atoms with Crippen LogP contribution in [0.25, 0.3) is 0 Å². The van der Waals surface area contributed by atoms with Crippen LogP contribution in [0.5, 0.6) is 0 Å². The van der Waals surface area contributed by atoms with Crippen molar-refractivity contribution in [3.8, 4) is 0 Å². The van der Waals surface area contributed by atoms with Gasteiger partial charge in [-0.2, -0.15) is 0 Å². The Morgan fingerprint density at radius 2 is 2.00 bits per heavy atom. The van der Waals surface area contributed by atoms with Crippen molar-refractivity contribution in [2.24, 2.45) is 17.8 Å². The van der Waals surface area contributed by atoms with Crippen molar-refractivity contribution in [2.75, 3.05) is 6.61 Å². The summed E-state index contributed by atoms with van der Waals surface area (Å²) in [5.41, 5.74) is 4.36. The van der Waals surface area contributed by atoms with Gasteiger partial charge in [-0.1, -0.05) is 60.6 Å². The molecule has 0 aromatic heterocycles. The molecule has 0 radical (unpaired) electrons. The molecule has 118 valence electrons. The van der Waals surface area contributed by atoms with Crippen molar-refractivity contribution >= 4 is 0 Å². The number of rotatable bonds is 3. The summed E-state index contributed by atoms with van der Waals surface area (Å²) in [5.74, 6) is 2.07. The molecule has 2 aliphatic rings. The molecule has 2 fully saturated rings. The molecule has 1 nitrogen and oxygen atoms in total. The average Bonchev–Trinajstić information content (AvgIpc) is 2.53. The van der Waals surface area contributed by atoms with Gasteiger partial charge in [0.05, 0.1) is 12.7 Å². The zero-order valence-corrected chi connectivity index (χ0v) is 14.1. The van der Waals surface area contributed by atoms with Gasteiger partial charge in [0.15, 0.2) is 0 Å². The molecular weight excluding hydrogens is 268 g/mol. The average molecular weight is 296 g/mol. The van der Waals surface area contributed by atoms with Crippen LogP contribution >= 0.6 is 0 Å². The molecule has 1 aliphatic carbocycles. The molecule has 4 atom stereocenters. The summed E-state index contributed by atoms with van der Waals surface area (Å²) < 4.78 is 6.30. The Morgan fingerprint density at radius 1 is 1.23 bits per heavy atom. The molecule has 1 aromatic rings. The van der Waals surface area contributed by atoms with Crippen LogP contribution in [0.4, 0.5) is 0 Å². The third-order valence-corrected chi connectivity index (χ3v) is 5.28. The second-order valence-electron chi connectivity index (χ2n) is 7.24. The van der Waals surface area contributed by atoms with E-state index in [1.54, 1.807) is 5.57 Å². The number of benzene rings is 1. The lowest BCUT2D eigenvalue weighted by molar-refractivity contribution is -0.0746. The van der Waals surface area contributed by atoms with E-state index in [4.69, 9.17) is 4.74 Å². The first kappa shape index (κ1) is 15.6. The van der Waals surface area contributed by atoms with Gasteiger partial charge in [-0.25, -0.2) is 0 Å². The van der Waals surface area contributed by atoms with E-state index in [9.17, 15) is 0 Å². The summed E-state index contributed by atoms with van der Waals surface area (Å²) in [4.78, 5) is 0. The predicted molar refractivity (Wildman–Crippen MR) is 92.6 cm³/mol. The van der Waals surface area contributed by atoms with Crippen LogP contribution in [0.2, 0.25) is 0 Å². The third-order valence-electron chi connectivity index (χ3n) is 5.28. The first-order chi connectivity index (χ1) is 10.6. The standard InChI is InChI=1S/C21H28O/c1-15(2)8-7-11-18-12-16(3)19-13-20(18)21(22-14-19)17-9-5-4-6-10-17/h4-6,8-11,16,19-21H,7,12-14H2,1-3H3/b18-11-/t16-,19+,20+,21+/m1/s1. The van der Waals surface area contributed by atoms with Crippen LogP contribution in [0.3, 0.4) is 0 Å². The van der Waals surface area contributed by atoms with Crippen LogP contribution in [-0.2, 0) is 4.74 Å². The summed E-state index contributed by atoms with van der Waals surface area (Å²) in [5, 5.41) is 0. The predicted octanol–water partition coefficient (Wildman–Crippen LogP) is 5.70. The van der Waals surface area contributed by atoms with E-state index in [0.717, 1.165) is 24.9 Å². The molecule has 1 heteroatoms. The molecule has 1 aliphatic heterocycles. The first-order valence-electron chi connectivity index (χ1n) is 8.64. The lowest BCUT2D eigenvalue weighted by Crippen LogP contribution is -2.38. The van der Waals surface area contributed by atoms with Gasteiger partial charge in [-0.3, -0.25) is 0 Å². The lowest BCUT2D eigenvalue weighted by atomic mass is 9.67. The van der Waals surface area contributed by atoms with E-state index in [2.05, 4.69) is 63.3 Å². The van der Waals surface area contributed by atoms with E-state index in [-0.39, 0.29) is 6.10 Å². The largest absolute Gasteiger partial charge is 0.373 e. The molecule has 1 heterocycles. The molecule has 22 heavy (non-hydrogen) atoms. The molecule has 2 bridgehead atoms. The monoisotopic (exact) mass is 296 g/mol. The number of hydrogen-bond donors (Lipinski definition) is 0. The quantitative estimate of drug-likeness (QED) is 0.650. The molecule has 1 saturated heterocycles. The number of hydrogen-bond acceptors (Lipinski definition) is 1. The van der Waals surface area contributed by atoms with Gasteiger partial charge in [0.1, 0.15) is 0 Å². The van der Waals surface area contributed by atoms with Gasteiger partial charge >= 0.3 is 0 Å². The van der Waals surface area contributed by atoms with Crippen LogP contribution in [0, 0.1) is 17.8 Å². The summed E-state index contributed by atoms with van der Waals surface area (Å²) in [6, 6.07) is 10.8. The van der Waals surface area contributed by atoms with Crippen LogP contribution in [0.15, 0.2) is 53.6 Å². The highest BCUT2D eigenvalue weighted by Crippen LogP contribution is 2.48. The molecule has 0 N–H and O–H groups in total. The molecule has 0 unspecified atom stereocenters. The summed E-state index contributed by atoms with van der Waals surface area (Å²) in [7, 11) is 0. The molecule has 0 amide bonds. The highest BCUT2D eigenvalue weighted by molar-refractivity contribution is 5.25. The highest BCUT2D eigenvalue weighted by Gasteiger charge is 2.40. The Balaban J connectivity index is 1.84. The number of allylic oxidation sites excluding steroid dienone is 3. The summed E-state index contributed by atoms with van der Waals surface area (Å²) in [6.45, 7) is 7.67. The van der Waals surface area contributed by atoms with E-state index >= 15 is 0 Å². The Labute approximate surface area is 135 Å². The SMILES string of the molecule is CC(C)=CC/C=C1/C[C@@H](C)[C@@H]2CO[C@@H](c3ccccc3)[C@H]1C2. The van der Waals surface area contributed by atoms with E-state index < -0.39 is 0 Å². The highest BCUT2D eigenvalue weighted by atomic mass is 16.5. The van der Waals surface area contributed by atoms with E-state index in [1.165, 1.54) is 24.0 Å². The number of ether oxygens (including phenoxy) is 1. The minimum absolute atomic E-state index is 0.253. The normalized spacial score (nSPS) is 32.8. The van der Waals surface area contributed by atoms with Crippen LogP contribution < -0.4 is 0 Å².